The van der Waals surface area contributed by atoms with Crippen LogP contribution in [0.15, 0.2) is 28.0 Å². The van der Waals surface area contributed by atoms with Crippen molar-refractivity contribution in [2.75, 3.05) is 7.05 Å². The molecule has 8 heteroatoms. The molecule has 7 nitrogen and oxygen atoms in total. The average Bonchev–Trinajstić information content (AvgIpc) is 3.26. The van der Waals surface area contributed by atoms with Gasteiger partial charge in [-0.15, -0.1) is 21.5 Å². The van der Waals surface area contributed by atoms with E-state index < -0.39 is 0 Å². The molecule has 0 aromatic carbocycles. The highest BCUT2D eigenvalue weighted by Gasteiger charge is 2.15. The zero-order valence-corrected chi connectivity index (χ0v) is 14.7. The molecular formula is C16H19N5O2S. The first-order valence-corrected chi connectivity index (χ1v) is 8.50. The highest BCUT2D eigenvalue weighted by atomic mass is 32.1. The molecule has 0 aliphatic heterocycles. The number of hydrogen-bond acceptors (Lipinski definition) is 6. The smallest absolute Gasteiger partial charge is 0.265 e. The summed E-state index contributed by atoms with van der Waals surface area (Å²) in [5.74, 6) is 0.939. The molecule has 0 saturated carbocycles. The Morgan fingerprint density at radius 3 is 2.92 bits per heavy atom. The van der Waals surface area contributed by atoms with Crippen LogP contribution in [0.25, 0.3) is 11.6 Å². The summed E-state index contributed by atoms with van der Waals surface area (Å²) in [6, 6.07) is 5.89. The van der Waals surface area contributed by atoms with Crippen molar-refractivity contribution in [3.05, 3.63) is 40.0 Å². The van der Waals surface area contributed by atoms with E-state index in [1.54, 1.807) is 28.0 Å². The summed E-state index contributed by atoms with van der Waals surface area (Å²) in [7, 11) is 3.63. The van der Waals surface area contributed by atoms with Crippen LogP contribution in [0.3, 0.4) is 0 Å². The summed E-state index contributed by atoms with van der Waals surface area (Å²) < 4.78 is 7.35. The van der Waals surface area contributed by atoms with Gasteiger partial charge < -0.3 is 9.32 Å². The van der Waals surface area contributed by atoms with Crippen LogP contribution in [0.5, 0.6) is 0 Å². The number of rotatable bonds is 6. The lowest BCUT2D eigenvalue weighted by Crippen LogP contribution is -2.26. The molecule has 126 valence electrons. The number of carbonyl (C=O) groups is 1. The number of nitrogens with zero attached hydrogens (tertiary/aromatic N) is 5. The van der Waals surface area contributed by atoms with E-state index in [0.717, 1.165) is 16.3 Å². The summed E-state index contributed by atoms with van der Waals surface area (Å²) in [4.78, 5) is 15.1. The maximum absolute atomic E-state index is 12.2. The van der Waals surface area contributed by atoms with Crippen molar-refractivity contribution in [2.45, 2.75) is 26.3 Å². The molecule has 0 N–H and O–H groups in total. The number of aryl methyl sites for hydroxylation is 3. The van der Waals surface area contributed by atoms with E-state index in [0.29, 0.717) is 31.2 Å². The van der Waals surface area contributed by atoms with Gasteiger partial charge in [0, 0.05) is 31.8 Å². The van der Waals surface area contributed by atoms with E-state index in [1.165, 1.54) is 0 Å². The second kappa shape index (κ2) is 6.96. The lowest BCUT2D eigenvalue weighted by atomic mass is 10.2. The van der Waals surface area contributed by atoms with Gasteiger partial charge in [0.25, 0.3) is 5.89 Å². The molecule has 0 radical (unpaired) electrons. The van der Waals surface area contributed by atoms with Crippen molar-refractivity contribution >= 4 is 17.2 Å². The quantitative estimate of drug-likeness (QED) is 0.686. The molecule has 0 bridgehead atoms. The molecule has 0 spiro atoms. The van der Waals surface area contributed by atoms with Crippen LogP contribution in [0.1, 0.15) is 22.9 Å². The Morgan fingerprint density at radius 2 is 2.25 bits per heavy atom. The van der Waals surface area contributed by atoms with Gasteiger partial charge in [-0.2, -0.15) is 5.10 Å². The summed E-state index contributed by atoms with van der Waals surface area (Å²) in [6.07, 6.45) is 0.769. The predicted octanol–water partition coefficient (Wildman–Crippen LogP) is 2.43. The van der Waals surface area contributed by atoms with Gasteiger partial charge in [-0.1, -0.05) is 6.07 Å². The molecule has 0 aliphatic carbocycles. The normalized spacial score (nSPS) is 11.0. The second-order valence-corrected chi connectivity index (χ2v) is 6.66. The van der Waals surface area contributed by atoms with Crippen LogP contribution in [-0.2, 0) is 24.8 Å². The van der Waals surface area contributed by atoms with Gasteiger partial charge in [0.15, 0.2) is 0 Å². The minimum atomic E-state index is 0.0551. The number of hydrogen-bond donors (Lipinski definition) is 0. The first-order chi connectivity index (χ1) is 11.5. The lowest BCUT2D eigenvalue weighted by Gasteiger charge is -2.15. The molecule has 3 aromatic heterocycles. The number of amides is 1. The van der Waals surface area contributed by atoms with E-state index in [-0.39, 0.29) is 5.91 Å². The molecule has 0 atom stereocenters. The lowest BCUT2D eigenvalue weighted by molar-refractivity contribution is -0.130. The molecule has 24 heavy (non-hydrogen) atoms. The fourth-order valence-electron chi connectivity index (χ4n) is 2.40. The first kappa shape index (κ1) is 16.4. The summed E-state index contributed by atoms with van der Waals surface area (Å²) in [5.41, 5.74) is 1.66. The van der Waals surface area contributed by atoms with E-state index >= 15 is 0 Å². The predicted molar refractivity (Wildman–Crippen MR) is 90.4 cm³/mol. The third-order valence-corrected chi connectivity index (χ3v) is 4.50. The topological polar surface area (TPSA) is 77.0 Å². The Balaban J connectivity index is 1.57. The summed E-state index contributed by atoms with van der Waals surface area (Å²) >= 11 is 1.64. The first-order valence-electron chi connectivity index (χ1n) is 7.62. The van der Waals surface area contributed by atoms with E-state index in [9.17, 15) is 4.79 Å². The van der Waals surface area contributed by atoms with E-state index in [4.69, 9.17) is 4.42 Å². The van der Waals surface area contributed by atoms with Gasteiger partial charge in [-0.25, -0.2) is 0 Å². The van der Waals surface area contributed by atoms with Gasteiger partial charge in [0.2, 0.25) is 11.8 Å². The highest BCUT2D eigenvalue weighted by Crippen LogP contribution is 2.19. The van der Waals surface area contributed by atoms with E-state index in [1.807, 2.05) is 37.6 Å². The number of carbonyl (C=O) groups excluding carboxylic acids is 1. The minimum Gasteiger partial charge on any atom is -0.419 e. The Kier molecular flexibility index (Phi) is 4.75. The Bertz CT molecular complexity index is 822. The van der Waals surface area contributed by atoms with Gasteiger partial charge >= 0.3 is 0 Å². The standard InChI is InChI=1S/C16H19N5O2S/c1-11-9-13(21(3)19-11)16-18-17-14(23-16)6-7-15(22)20(2)10-12-5-4-8-24-12/h4-5,8-9H,6-7,10H2,1-3H3. The van der Waals surface area contributed by atoms with Gasteiger partial charge in [-0.3, -0.25) is 9.48 Å². The molecule has 0 saturated heterocycles. The maximum atomic E-state index is 12.2. The van der Waals surface area contributed by atoms with Crippen molar-refractivity contribution < 1.29 is 9.21 Å². The molecule has 3 aromatic rings. The van der Waals surface area contributed by atoms with Gasteiger partial charge in [0.1, 0.15) is 5.69 Å². The number of aromatic nitrogens is 4. The average molecular weight is 345 g/mol. The van der Waals surface area contributed by atoms with Gasteiger partial charge in [-0.05, 0) is 24.4 Å². The zero-order valence-electron chi connectivity index (χ0n) is 13.9. The van der Waals surface area contributed by atoms with Crippen LogP contribution in [0, 0.1) is 6.92 Å². The van der Waals surface area contributed by atoms with Crippen LogP contribution >= 0.6 is 11.3 Å². The maximum Gasteiger partial charge on any atom is 0.265 e. The fraction of sp³-hybridized carbons (Fsp3) is 0.375. The van der Waals surface area contributed by atoms with Crippen LogP contribution in [0.4, 0.5) is 0 Å². The van der Waals surface area contributed by atoms with Crippen LogP contribution in [-0.4, -0.2) is 37.8 Å². The SMILES string of the molecule is Cc1cc(-c2nnc(CCC(=O)N(C)Cc3cccs3)o2)n(C)n1. The van der Waals surface area contributed by atoms with E-state index in [2.05, 4.69) is 15.3 Å². The molecule has 3 rings (SSSR count). The molecular weight excluding hydrogens is 326 g/mol. The number of thiophene rings is 1. The third kappa shape index (κ3) is 3.70. The fourth-order valence-corrected chi connectivity index (χ4v) is 3.16. The Hall–Kier alpha value is -2.48. The molecule has 0 fully saturated rings. The Morgan fingerprint density at radius 1 is 1.42 bits per heavy atom. The van der Waals surface area contributed by atoms with Crippen molar-refractivity contribution in [3.63, 3.8) is 0 Å². The van der Waals surface area contributed by atoms with Crippen LogP contribution in [0.2, 0.25) is 0 Å². The monoisotopic (exact) mass is 345 g/mol. The summed E-state index contributed by atoms with van der Waals surface area (Å²) in [6.45, 7) is 2.53. The second-order valence-electron chi connectivity index (χ2n) is 5.62. The molecule has 1 amide bonds. The largest absolute Gasteiger partial charge is 0.419 e. The molecule has 3 heterocycles. The van der Waals surface area contributed by atoms with Crippen molar-refractivity contribution in [3.8, 4) is 11.6 Å². The summed E-state index contributed by atoms with van der Waals surface area (Å²) in [5, 5.41) is 14.3. The zero-order chi connectivity index (χ0) is 17.1. The van der Waals surface area contributed by atoms with Crippen LogP contribution < -0.4 is 0 Å². The van der Waals surface area contributed by atoms with Gasteiger partial charge in [0.05, 0.1) is 12.2 Å². The molecule has 0 aliphatic rings. The minimum absolute atomic E-state index is 0.0551. The third-order valence-electron chi connectivity index (χ3n) is 3.64. The van der Waals surface area contributed by atoms with Crippen molar-refractivity contribution in [1.29, 1.82) is 0 Å². The molecule has 0 unspecified atom stereocenters. The van der Waals surface area contributed by atoms with Crippen molar-refractivity contribution in [1.82, 2.24) is 24.9 Å². The van der Waals surface area contributed by atoms with Crippen molar-refractivity contribution in [2.24, 2.45) is 7.05 Å². The Labute approximate surface area is 143 Å². The highest BCUT2D eigenvalue weighted by molar-refractivity contribution is 7.09.